The Balaban J connectivity index is 1.24. The molecule has 2 aromatic heterocycles. The van der Waals surface area contributed by atoms with E-state index in [1.165, 1.54) is 11.1 Å². The molecule has 0 aliphatic heterocycles. The first-order chi connectivity index (χ1) is 13.2. The van der Waals surface area contributed by atoms with E-state index >= 15 is 0 Å². The summed E-state index contributed by atoms with van der Waals surface area (Å²) in [5.41, 5.74) is 4.15. The lowest BCUT2D eigenvalue weighted by atomic mass is 10.0. The van der Waals surface area contributed by atoms with E-state index in [0.29, 0.717) is 13.0 Å². The Labute approximate surface area is 157 Å². The minimum atomic E-state index is -0.113. The number of ketones is 1. The zero-order valence-corrected chi connectivity index (χ0v) is 15.1. The predicted molar refractivity (Wildman–Crippen MR) is 102 cm³/mol. The van der Waals surface area contributed by atoms with Crippen LogP contribution in [0.1, 0.15) is 46.6 Å². The van der Waals surface area contributed by atoms with Gasteiger partial charge in [-0.3, -0.25) is 14.0 Å². The van der Waals surface area contributed by atoms with Crippen LogP contribution >= 0.6 is 0 Å². The number of aromatic nitrogens is 3. The zero-order chi connectivity index (χ0) is 18.6. The standard InChI is InChI=1S/C21H22N4O2/c26-18(17-8-7-15-4-3-5-16(15)14-17)9-10-21(27)22-12-11-20-24-23-19-6-1-2-13-25(19)20/h1-2,6-8,13-14H,3-5,9-12H2,(H,22,27). The molecule has 1 aromatic carbocycles. The van der Waals surface area contributed by atoms with Gasteiger partial charge in [-0.1, -0.05) is 18.2 Å². The Morgan fingerprint density at radius 3 is 2.85 bits per heavy atom. The summed E-state index contributed by atoms with van der Waals surface area (Å²) in [7, 11) is 0. The third kappa shape index (κ3) is 3.89. The number of amides is 1. The molecule has 0 radical (unpaired) electrons. The smallest absolute Gasteiger partial charge is 0.220 e. The summed E-state index contributed by atoms with van der Waals surface area (Å²) in [4.78, 5) is 24.4. The minimum absolute atomic E-state index is 0.0308. The van der Waals surface area contributed by atoms with Crippen LogP contribution in [0.3, 0.4) is 0 Å². The van der Waals surface area contributed by atoms with Crippen molar-refractivity contribution in [3.63, 3.8) is 0 Å². The SMILES string of the molecule is O=C(CCC(=O)c1ccc2c(c1)CCC2)NCCc1nnc2ccccn12. The maximum absolute atomic E-state index is 12.4. The summed E-state index contributed by atoms with van der Waals surface area (Å²) >= 11 is 0. The molecule has 0 bridgehead atoms. The van der Waals surface area contributed by atoms with E-state index < -0.39 is 0 Å². The molecule has 6 nitrogen and oxygen atoms in total. The molecule has 0 unspecified atom stereocenters. The highest BCUT2D eigenvalue weighted by Crippen LogP contribution is 2.23. The highest BCUT2D eigenvalue weighted by molar-refractivity contribution is 5.98. The molecule has 0 spiro atoms. The number of fused-ring (bicyclic) bond motifs is 2. The van der Waals surface area contributed by atoms with Crippen LogP contribution in [-0.4, -0.2) is 32.8 Å². The summed E-state index contributed by atoms with van der Waals surface area (Å²) in [6.45, 7) is 0.474. The van der Waals surface area contributed by atoms with Crippen molar-refractivity contribution in [2.24, 2.45) is 0 Å². The number of aryl methyl sites for hydroxylation is 2. The van der Waals surface area contributed by atoms with Gasteiger partial charge in [0.25, 0.3) is 0 Å². The third-order valence-corrected chi connectivity index (χ3v) is 5.05. The van der Waals surface area contributed by atoms with Gasteiger partial charge in [0.15, 0.2) is 11.4 Å². The summed E-state index contributed by atoms with van der Waals surface area (Å²) in [6.07, 6.45) is 6.25. The normalized spacial score (nSPS) is 12.9. The number of rotatable bonds is 7. The maximum Gasteiger partial charge on any atom is 0.220 e. The Hall–Kier alpha value is -3.02. The van der Waals surface area contributed by atoms with Crippen LogP contribution in [0, 0.1) is 0 Å². The van der Waals surface area contributed by atoms with E-state index in [1.54, 1.807) is 0 Å². The molecule has 1 N–H and O–H groups in total. The van der Waals surface area contributed by atoms with Crippen LogP contribution in [0.2, 0.25) is 0 Å². The van der Waals surface area contributed by atoms with Crippen molar-refractivity contribution in [2.75, 3.05) is 6.54 Å². The molecular weight excluding hydrogens is 340 g/mol. The van der Waals surface area contributed by atoms with Gasteiger partial charge in [0.1, 0.15) is 5.82 Å². The molecule has 0 saturated heterocycles. The van der Waals surface area contributed by atoms with Crippen LogP contribution in [0.5, 0.6) is 0 Å². The summed E-state index contributed by atoms with van der Waals surface area (Å²) in [5.74, 6) is 0.724. The number of benzene rings is 1. The van der Waals surface area contributed by atoms with Gasteiger partial charge in [-0.25, -0.2) is 0 Å². The van der Waals surface area contributed by atoms with Gasteiger partial charge < -0.3 is 5.32 Å². The topological polar surface area (TPSA) is 76.4 Å². The average molecular weight is 362 g/mol. The number of pyridine rings is 1. The van der Waals surface area contributed by atoms with Gasteiger partial charge in [-0.15, -0.1) is 10.2 Å². The lowest BCUT2D eigenvalue weighted by Crippen LogP contribution is -2.26. The van der Waals surface area contributed by atoms with Crippen molar-refractivity contribution in [3.05, 3.63) is 65.1 Å². The number of hydrogen-bond donors (Lipinski definition) is 1. The first-order valence-electron chi connectivity index (χ1n) is 9.41. The highest BCUT2D eigenvalue weighted by atomic mass is 16.2. The fraction of sp³-hybridized carbons (Fsp3) is 0.333. The first-order valence-corrected chi connectivity index (χ1v) is 9.41. The van der Waals surface area contributed by atoms with E-state index in [4.69, 9.17) is 0 Å². The second-order valence-electron chi connectivity index (χ2n) is 6.91. The number of hydrogen-bond acceptors (Lipinski definition) is 4. The van der Waals surface area contributed by atoms with Crippen LogP contribution in [0.25, 0.3) is 5.65 Å². The number of nitrogens with one attached hydrogen (secondary N) is 1. The Morgan fingerprint density at radius 1 is 1.04 bits per heavy atom. The molecule has 1 aliphatic carbocycles. The molecule has 138 valence electrons. The molecular formula is C21H22N4O2. The first kappa shape index (κ1) is 17.4. The van der Waals surface area contributed by atoms with E-state index in [-0.39, 0.29) is 24.5 Å². The average Bonchev–Trinajstić information content (AvgIpc) is 3.32. The number of nitrogens with zero attached hydrogens (tertiary/aromatic N) is 3. The van der Waals surface area contributed by atoms with Crippen LogP contribution in [0.4, 0.5) is 0 Å². The molecule has 4 rings (SSSR count). The van der Waals surface area contributed by atoms with E-state index in [9.17, 15) is 9.59 Å². The molecule has 1 aliphatic rings. The highest BCUT2D eigenvalue weighted by Gasteiger charge is 2.15. The summed E-state index contributed by atoms with van der Waals surface area (Å²) in [5, 5.41) is 11.1. The number of carbonyl (C=O) groups excluding carboxylic acids is 2. The Morgan fingerprint density at radius 2 is 1.93 bits per heavy atom. The molecule has 6 heteroatoms. The zero-order valence-electron chi connectivity index (χ0n) is 15.1. The lowest BCUT2D eigenvalue weighted by Gasteiger charge is -2.06. The Kier molecular flexibility index (Phi) is 4.96. The van der Waals surface area contributed by atoms with Crippen LogP contribution in [-0.2, 0) is 24.1 Å². The van der Waals surface area contributed by atoms with Crippen molar-refractivity contribution in [1.29, 1.82) is 0 Å². The van der Waals surface area contributed by atoms with Gasteiger partial charge in [0.05, 0.1) is 0 Å². The van der Waals surface area contributed by atoms with Crippen LogP contribution in [0.15, 0.2) is 42.6 Å². The fourth-order valence-electron chi connectivity index (χ4n) is 3.58. The molecule has 0 atom stereocenters. The van der Waals surface area contributed by atoms with E-state index in [2.05, 4.69) is 21.6 Å². The van der Waals surface area contributed by atoms with Gasteiger partial charge in [0, 0.05) is 37.6 Å². The molecule has 3 aromatic rings. The quantitative estimate of drug-likeness (QED) is 0.655. The molecule has 0 saturated carbocycles. The van der Waals surface area contributed by atoms with Gasteiger partial charge in [-0.05, 0) is 48.6 Å². The van der Waals surface area contributed by atoms with Crippen molar-refractivity contribution in [2.45, 2.75) is 38.5 Å². The summed E-state index contributed by atoms with van der Waals surface area (Å²) in [6, 6.07) is 11.7. The fourth-order valence-corrected chi connectivity index (χ4v) is 3.58. The molecule has 2 heterocycles. The largest absolute Gasteiger partial charge is 0.356 e. The Bertz CT molecular complexity index is 993. The van der Waals surface area contributed by atoms with E-state index in [0.717, 1.165) is 36.3 Å². The molecule has 27 heavy (non-hydrogen) atoms. The minimum Gasteiger partial charge on any atom is -0.356 e. The van der Waals surface area contributed by atoms with Gasteiger partial charge >= 0.3 is 0 Å². The third-order valence-electron chi connectivity index (χ3n) is 5.05. The summed E-state index contributed by atoms with van der Waals surface area (Å²) < 4.78 is 1.91. The maximum atomic E-state index is 12.4. The van der Waals surface area contributed by atoms with Crippen molar-refractivity contribution >= 4 is 17.3 Å². The second-order valence-corrected chi connectivity index (χ2v) is 6.91. The monoisotopic (exact) mass is 362 g/mol. The molecule has 1 amide bonds. The van der Waals surface area contributed by atoms with Crippen LogP contribution < -0.4 is 5.32 Å². The van der Waals surface area contributed by atoms with Gasteiger partial charge in [-0.2, -0.15) is 0 Å². The van der Waals surface area contributed by atoms with Crippen molar-refractivity contribution < 1.29 is 9.59 Å². The second kappa shape index (κ2) is 7.70. The van der Waals surface area contributed by atoms with E-state index in [1.807, 2.05) is 40.9 Å². The van der Waals surface area contributed by atoms with Gasteiger partial charge in [0.2, 0.25) is 5.91 Å². The van der Waals surface area contributed by atoms with Crippen molar-refractivity contribution in [3.8, 4) is 0 Å². The lowest BCUT2D eigenvalue weighted by molar-refractivity contribution is -0.121. The van der Waals surface area contributed by atoms with Crippen molar-refractivity contribution in [1.82, 2.24) is 19.9 Å². The number of carbonyl (C=O) groups is 2. The molecule has 0 fully saturated rings. The predicted octanol–water partition coefficient (Wildman–Crippen LogP) is 2.54. The number of Topliss-reactive ketones (excluding diaryl/α,β-unsaturated/α-hetero) is 1.